The Labute approximate surface area is 173 Å². The Morgan fingerprint density at radius 3 is 2.50 bits per heavy atom. The van der Waals surface area contributed by atoms with Crippen LogP contribution < -0.4 is 16.0 Å². The number of hydrogen-bond acceptors (Lipinski definition) is 6. The minimum Gasteiger partial charge on any atom is -0.383 e. The second kappa shape index (κ2) is 11.6. The van der Waals surface area contributed by atoms with Crippen LogP contribution in [0.2, 0.25) is 0 Å². The zero-order valence-corrected chi connectivity index (χ0v) is 17.8. The van der Waals surface area contributed by atoms with E-state index in [1.165, 1.54) is 17.0 Å². The Morgan fingerprint density at radius 1 is 1.23 bits per heavy atom. The topological polar surface area (TPSA) is 104 Å². The van der Waals surface area contributed by atoms with Crippen molar-refractivity contribution in [2.75, 3.05) is 32.0 Å². The van der Waals surface area contributed by atoms with Gasteiger partial charge >= 0.3 is 0 Å². The molecule has 0 radical (unpaired) electrons. The van der Waals surface area contributed by atoms with Gasteiger partial charge in [-0.15, -0.1) is 35.3 Å². The van der Waals surface area contributed by atoms with E-state index in [0.717, 1.165) is 29.6 Å². The third-order valence-electron chi connectivity index (χ3n) is 3.35. The summed E-state index contributed by atoms with van der Waals surface area (Å²) in [6.45, 7) is 4.16. The molecule has 1 aromatic carbocycles. The first-order valence-electron chi connectivity index (χ1n) is 7.92. The van der Waals surface area contributed by atoms with E-state index in [1.54, 1.807) is 30.5 Å². The zero-order valence-electron chi connectivity index (χ0n) is 14.7. The summed E-state index contributed by atoms with van der Waals surface area (Å²) >= 11 is 1.71. The first-order valence-corrected chi connectivity index (χ1v) is 8.74. The average molecular weight is 490 g/mol. The molecule has 3 N–H and O–H groups in total. The van der Waals surface area contributed by atoms with Crippen molar-refractivity contribution >= 4 is 52.6 Å². The monoisotopic (exact) mass is 490 g/mol. The summed E-state index contributed by atoms with van der Waals surface area (Å²) in [4.78, 5) is 19.9. The second-order valence-corrected chi connectivity index (χ2v) is 6.59. The van der Waals surface area contributed by atoms with Gasteiger partial charge in [0.1, 0.15) is 0 Å². The highest BCUT2D eigenvalue weighted by Crippen LogP contribution is 2.14. The van der Waals surface area contributed by atoms with Crippen LogP contribution in [0.1, 0.15) is 9.88 Å². The number of rotatable bonds is 8. The normalized spacial score (nSPS) is 10.8. The molecule has 1 aromatic heterocycles. The predicted octanol–water partition coefficient (Wildman–Crippen LogP) is 2.80. The molecule has 8 nitrogen and oxygen atoms in total. The number of hydrogen-bond donors (Lipinski definition) is 3. The number of benzene rings is 1. The van der Waals surface area contributed by atoms with Gasteiger partial charge in [0.25, 0.3) is 5.69 Å². The first-order chi connectivity index (χ1) is 12.1. The van der Waals surface area contributed by atoms with E-state index in [9.17, 15) is 10.1 Å². The highest BCUT2D eigenvalue weighted by atomic mass is 127. The van der Waals surface area contributed by atoms with E-state index in [-0.39, 0.29) is 29.7 Å². The third kappa shape index (κ3) is 7.52. The number of aromatic nitrogens is 1. The molecular weight excluding hydrogens is 467 g/mol. The van der Waals surface area contributed by atoms with Crippen molar-refractivity contribution < 1.29 is 4.92 Å². The van der Waals surface area contributed by atoms with E-state index in [0.29, 0.717) is 13.1 Å². The fraction of sp³-hybridized carbons (Fsp3) is 0.375. The summed E-state index contributed by atoms with van der Waals surface area (Å²) in [5.74, 6) is 0.735. The molecule has 0 bridgehead atoms. The number of aliphatic imine (C=N–C) groups is 1. The second-order valence-electron chi connectivity index (χ2n) is 5.27. The lowest BCUT2D eigenvalue weighted by Gasteiger charge is -2.12. The summed E-state index contributed by atoms with van der Waals surface area (Å²) in [7, 11) is 1.73. The van der Waals surface area contributed by atoms with Gasteiger partial charge in [0, 0.05) is 62.0 Å². The Bertz CT molecular complexity index is 720. The van der Waals surface area contributed by atoms with Crippen molar-refractivity contribution in [2.24, 2.45) is 4.99 Å². The molecule has 142 valence electrons. The third-order valence-corrected chi connectivity index (χ3v) is 4.32. The Hall–Kier alpha value is -1.95. The maximum atomic E-state index is 10.6. The molecule has 0 aliphatic carbocycles. The lowest BCUT2D eigenvalue weighted by molar-refractivity contribution is -0.384. The van der Waals surface area contributed by atoms with Gasteiger partial charge in [-0.25, -0.2) is 4.98 Å². The smallest absolute Gasteiger partial charge is 0.269 e. The summed E-state index contributed by atoms with van der Waals surface area (Å²) in [6.07, 6.45) is 2.75. The van der Waals surface area contributed by atoms with Crippen molar-refractivity contribution in [3.63, 3.8) is 0 Å². The minimum atomic E-state index is -0.409. The van der Waals surface area contributed by atoms with Crippen LogP contribution in [0.25, 0.3) is 0 Å². The van der Waals surface area contributed by atoms with E-state index in [2.05, 4.69) is 25.9 Å². The van der Waals surface area contributed by atoms with Gasteiger partial charge in [-0.1, -0.05) is 0 Å². The number of nitro benzene ring substituents is 1. The summed E-state index contributed by atoms with van der Waals surface area (Å²) in [6, 6.07) is 6.36. The zero-order chi connectivity index (χ0) is 18.1. The van der Waals surface area contributed by atoms with Crippen molar-refractivity contribution in [3.05, 3.63) is 50.5 Å². The van der Waals surface area contributed by atoms with Crippen molar-refractivity contribution in [3.8, 4) is 0 Å². The lowest BCUT2D eigenvalue weighted by atomic mass is 10.3. The fourth-order valence-electron chi connectivity index (χ4n) is 2.11. The average Bonchev–Trinajstić information content (AvgIpc) is 3.02. The van der Waals surface area contributed by atoms with Crippen molar-refractivity contribution in [1.82, 2.24) is 15.6 Å². The van der Waals surface area contributed by atoms with Crippen LogP contribution in [-0.2, 0) is 6.42 Å². The van der Waals surface area contributed by atoms with Crippen LogP contribution in [0, 0.1) is 17.0 Å². The molecule has 26 heavy (non-hydrogen) atoms. The fourth-order valence-corrected chi connectivity index (χ4v) is 2.90. The maximum Gasteiger partial charge on any atom is 0.269 e. The molecule has 0 saturated carbocycles. The molecular formula is C16H23IN6O2S. The van der Waals surface area contributed by atoms with Gasteiger partial charge in [-0.3, -0.25) is 15.1 Å². The Kier molecular flexibility index (Phi) is 9.88. The van der Waals surface area contributed by atoms with Gasteiger partial charge in [0.15, 0.2) is 5.96 Å². The van der Waals surface area contributed by atoms with Crippen LogP contribution in [0.5, 0.6) is 0 Å². The van der Waals surface area contributed by atoms with Crippen molar-refractivity contribution in [1.29, 1.82) is 0 Å². The molecule has 2 rings (SSSR count). The molecule has 0 aliphatic rings. The number of nitro groups is 1. The minimum absolute atomic E-state index is 0. The van der Waals surface area contributed by atoms with Gasteiger partial charge in [-0.2, -0.15) is 0 Å². The van der Waals surface area contributed by atoms with Gasteiger partial charge in [0.2, 0.25) is 0 Å². The van der Waals surface area contributed by atoms with Crippen LogP contribution in [0.3, 0.4) is 0 Å². The number of guanidine groups is 1. The molecule has 0 spiro atoms. The molecule has 0 atom stereocenters. The van der Waals surface area contributed by atoms with Crippen LogP contribution in [0.15, 0.2) is 35.5 Å². The van der Waals surface area contributed by atoms with E-state index < -0.39 is 4.92 Å². The number of anilines is 1. The quantitative estimate of drug-likeness (QED) is 0.131. The molecule has 0 unspecified atom stereocenters. The number of nitrogens with zero attached hydrogens (tertiary/aromatic N) is 3. The number of nitrogens with one attached hydrogen (secondary N) is 3. The molecule has 0 fully saturated rings. The van der Waals surface area contributed by atoms with E-state index in [4.69, 9.17) is 0 Å². The summed E-state index contributed by atoms with van der Waals surface area (Å²) < 4.78 is 0. The van der Waals surface area contributed by atoms with Crippen LogP contribution in [0.4, 0.5) is 11.4 Å². The SMILES string of the molecule is CN=C(NCCNc1ccc([N+](=O)[O-])cc1)NCCc1ncc(C)s1.I. The summed E-state index contributed by atoms with van der Waals surface area (Å²) in [5, 5.41) is 21.4. The molecule has 10 heteroatoms. The standard InChI is InChI=1S/C16H22N6O2S.HI/c1-12-11-21-15(25-12)7-8-19-16(17-2)20-10-9-18-13-3-5-14(6-4-13)22(23)24;/h3-6,11,18H,7-10H2,1-2H3,(H2,17,19,20);1H. The lowest BCUT2D eigenvalue weighted by Crippen LogP contribution is -2.40. The highest BCUT2D eigenvalue weighted by molar-refractivity contribution is 14.0. The van der Waals surface area contributed by atoms with Gasteiger partial charge in [-0.05, 0) is 19.1 Å². The van der Waals surface area contributed by atoms with E-state index in [1.807, 2.05) is 13.1 Å². The number of thiazole rings is 1. The first kappa shape index (κ1) is 22.1. The van der Waals surface area contributed by atoms with E-state index >= 15 is 0 Å². The number of aryl methyl sites for hydroxylation is 1. The van der Waals surface area contributed by atoms with Gasteiger partial charge in [0.05, 0.1) is 9.93 Å². The number of halogens is 1. The molecule has 2 aromatic rings. The molecule has 0 amide bonds. The van der Waals surface area contributed by atoms with Crippen LogP contribution >= 0.6 is 35.3 Å². The maximum absolute atomic E-state index is 10.6. The Morgan fingerprint density at radius 2 is 1.92 bits per heavy atom. The largest absolute Gasteiger partial charge is 0.383 e. The number of non-ortho nitro benzene ring substituents is 1. The molecule has 1 heterocycles. The predicted molar refractivity (Wildman–Crippen MR) is 117 cm³/mol. The molecule has 0 saturated heterocycles. The highest BCUT2D eigenvalue weighted by Gasteiger charge is 2.04. The van der Waals surface area contributed by atoms with Gasteiger partial charge < -0.3 is 16.0 Å². The molecule has 0 aliphatic heterocycles. The van der Waals surface area contributed by atoms with Crippen LogP contribution in [-0.4, -0.2) is 42.5 Å². The van der Waals surface area contributed by atoms with Crippen molar-refractivity contribution in [2.45, 2.75) is 13.3 Å². The Balaban J connectivity index is 0.00000338. The summed E-state index contributed by atoms with van der Waals surface area (Å²) in [5.41, 5.74) is 0.929.